The summed E-state index contributed by atoms with van der Waals surface area (Å²) >= 11 is 0. The number of carbonyl (C=O) groups excluding carboxylic acids is 4. The molecule has 0 aromatic carbocycles. The predicted molar refractivity (Wildman–Crippen MR) is 377 cm³/mol. The van der Waals surface area contributed by atoms with Crippen molar-refractivity contribution >= 4 is 39.5 Å². The molecule has 0 fully saturated rings. The molecule has 3 unspecified atom stereocenters. The quantitative estimate of drug-likeness (QED) is 0.0222. The first-order chi connectivity index (χ1) is 44.8. The van der Waals surface area contributed by atoms with E-state index in [1.165, 1.54) is 180 Å². The van der Waals surface area contributed by atoms with E-state index in [1.807, 2.05) is 0 Å². The number of hydrogen-bond acceptors (Lipinski definition) is 15. The zero-order valence-electron chi connectivity index (χ0n) is 60.7. The van der Waals surface area contributed by atoms with Crippen LogP contribution in [0.3, 0.4) is 0 Å². The molecule has 0 aliphatic heterocycles. The summed E-state index contributed by atoms with van der Waals surface area (Å²) in [5.74, 6) is 0.205. The van der Waals surface area contributed by atoms with Crippen LogP contribution in [0.25, 0.3) is 0 Å². The number of aliphatic hydroxyl groups is 1. The minimum Gasteiger partial charge on any atom is -0.462 e. The molecule has 0 radical (unpaired) electrons. The third-order valence-electron chi connectivity index (χ3n) is 17.5. The van der Waals surface area contributed by atoms with Crippen LogP contribution in [0.15, 0.2) is 0 Å². The van der Waals surface area contributed by atoms with Gasteiger partial charge in [-0.1, -0.05) is 325 Å². The van der Waals surface area contributed by atoms with Gasteiger partial charge in [-0.15, -0.1) is 0 Å². The van der Waals surface area contributed by atoms with Crippen molar-refractivity contribution in [3.05, 3.63) is 0 Å². The van der Waals surface area contributed by atoms with Crippen molar-refractivity contribution in [1.29, 1.82) is 0 Å². The molecule has 0 bridgehead atoms. The molecule has 0 heterocycles. The Bertz CT molecular complexity index is 1820. The van der Waals surface area contributed by atoms with Gasteiger partial charge in [0.1, 0.15) is 19.3 Å². The fraction of sp³-hybridized carbons (Fsp3) is 0.946. The molecule has 0 spiro atoms. The Morgan fingerprint density at radius 2 is 0.548 bits per heavy atom. The van der Waals surface area contributed by atoms with Crippen LogP contribution >= 0.6 is 15.6 Å². The highest BCUT2D eigenvalue weighted by molar-refractivity contribution is 7.47. The monoisotopic (exact) mass is 1370 g/mol. The van der Waals surface area contributed by atoms with E-state index in [0.29, 0.717) is 25.7 Å². The fourth-order valence-corrected chi connectivity index (χ4v) is 12.8. The normalized spacial score (nSPS) is 14.4. The second-order valence-electron chi connectivity index (χ2n) is 27.9. The minimum atomic E-state index is -4.95. The van der Waals surface area contributed by atoms with E-state index in [9.17, 15) is 43.2 Å². The van der Waals surface area contributed by atoms with Crippen molar-refractivity contribution in [1.82, 2.24) is 0 Å². The van der Waals surface area contributed by atoms with Gasteiger partial charge < -0.3 is 33.8 Å². The Balaban J connectivity index is 5.12. The Morgan fingerprint density at radius 3 is 0.817 bits per heavy atom. The number of phosphoric ester groups is 2. The molecule has 17 nitrogen and oxygen atoms in total. The van der Waals surface area contributed by atoms with Crippen molar-refractivity contribution in [2.24, 2.45) is 17.8 Å². The van der Waals surface area contributed by atoms with Gasteiger partial charge in [0.2, 0.25) is 0 Å². The van der Waals surface area contributed by atoms with Crippen molar-refractivity contribution in [2.45, 2.75) is 394 Å². The number of unbranched alkanes of at least 4 members (excludes halogenated alkanes) is 39. The van der Waals surface area contributed by atoms with Gasteiger partial charge in [0.25, 0.3) is 0 Å². The van der Waals surface area contributed by atoms with Gasteiger partial charge in [-0.05, 0) is 43.4 Å². The third-order valence-corrected chi connectivity index (χ3v) is 19.4. The van der Waals surface area contributed by atoms with Crippen LogP contribution < -0.4 is 0 Å². The first kappa shape index (κ1) is 91.1. The van der Waals surface area contributed by atoms with E-state index < -0.39 is 97.5 Å². The van der Waals surface area contributed by atoms with Crippen LogP contribution in [0.4, 0.5) is 0 Å². The average Bonchev–Trinajstić information content (AvgIpc) is 2.57. The Hall–Kier alpha value is -1.94. The van der Waals surface area contributed by atoms with Gasteiger partial charge >= 0.3 is 39.5 Å². The van der Waals surface area contributed by atoms with Gasteiger partial charge in [0.05, 0.1) is 26.4 Å². The number of ether oxygens (including phenoxy) is 4. The number of rotatable bonds is 72. The average molecular weight is 1370 g/mol. The zero-order chi connectivity index (χ0) is 68.7. The molecule has 0 aromatic heterocycles. The number of aliphatic hydroxyl groups excluding tert-OH is 1. The minimum absolute atomic E-state index is 0.102. The summed E-state index contributed by atoms with van der Waals surface area (Å²) < 4.78 is 68.2. The van der Waals surface area contributed by atoms with Gasteiger partial charge in [-0.3, -0.25) is 37.3 Å². The van der Waals surface area contributed by atoms with Crippen LogP contribution in [-0.4, -0.2) is 96.7 Å². The lowest BCUT2D eigenvalue weighted by Gasteiger charge is -2.21. The summed E-state index contributed by atoms with van der Waals surface area (Å²) in [5.41, 5.74) is 0. The molecule has 93 heavy (non-hydrogen) atoms. The van der Waals surface area contributed by atoms with Gasteiger partial charge in [0, 0.05) is 25.7 Å². The third kappa shape index (κ3) is 67.0. The van der Waals surface area contributed by atoms with Crippen LogP contribution in [0, 0.1) is 17.8 Å². The highest BCUT2D eigenvalue weighted by Crippen LogP contribution is 2.45. The first-order valence-electron chi connectivity index (χ1n) is 38.4. The lowest BCUT2D eigenvalue weighted by molar-refractivity contribution is -0.161. The SMILES string of the molecule is CCCCCCCC(=O)OC[C@H](COP(=O)(O)OC[C@H](O)COP(=O)(O)OC[C@@H](COC(=O)CCCCCCCCCCCCCCCCC(C)C)OC(=O)CCCCCCCCCCCCCCCCCCCCC(C)C)OC(=O)CCCCCCCCC(C)CC. The van der Waals surface area contributed by atoms with Gasteiger partial charge in [0.15, 0.2) is 12.2 Å². The molecule has 0 aliphatic carbocycles. The fourth-order valence-electron chi connectivity index (χ4n) is 11.2. The summed E-state index contributed by atoms with van der Waals surface area (Å²) in [6.45, 7) is 11.8. The van der Waals surface area contributed by atoms with Crippen LogP contribution in [0.1, 0.15) is 376 Å². The Kier molecular flexibility index (Phi) is 63.4. The second kappa shape index (κ2) is 64.7. The smallest absolute Gasteiger partial charge is 0.462 e. The molecule has 0 rings (SSSR count). The standard InChI is InChI=1S/C74H144O17P2/c1-8-10-11-38-48-55-71(76)84-61-69(91-74(79)58-51-44-37-36-41-47-54-67(7)9-2)63-88-92(80,81)86-59-68(75)60-87-93(82,83)89-64-70(62-85-72(77)56-49-42-34-30-26-22-19-18-21-25-29-33-40-46-53-66(5)6)90-73(78)57-50-43-35-31-27-23-17-15-13-12-14-16-20-24-28-32-39-45-52-65(3)4/h65-70,75H,8-64H2,1-7H3,(H,80,81)(H,82,83)/t67?,68-,69+,70+/m0/s1. The molecule has 0 aromatic rings. The number of carbonyl (C=O) groups is 4. The van der Waals surface area contributed by atoms with E-state index in [2.05, 4.69) is 48.5 Å². The van der Waals surface area contributed by atoms with Crippen LogP contribution in [0.5, 0.6) is 0 Å². The predicted octanol–water partition coefficient (Wildman–Crippen LogP) is 21.4. The maximum atomic E-state index is 13.1. The van der Waals surface area contributed by atoms with Gasteiger partial charge in [-0.2, -0.15) is 0 Å². The summed E-state index contributed by atoms with van der Waals surface area (Å²) in [6, 6.07) is 0. The second-order valence-corrected chi connectivity index (χ2v) is 30.8. The van der Waals surface area contributed by atoms with E-state index in [0.717, 1.165) is 114 Å². The molecule has 0 aliphatic rings. The largest absolute Gasteiger partial charge is 0.472 e. The van der Waals surface area contributed by atoms with Gasteiger partial charge in [-0.25, -0.2) is 9.13 Å². The van der Waals surface area contributed by atoms with E-state index in [4.69, 9.17) is 37.0 Å². The molecule has 3 N–H and O–H groups in total. The Morgan fingerprint density at radius 1 is 0.312 bits per heavy atom. The highest BCUT2D eigenvalue weighted by atomic mass is 31.2. The number of phosphoric acid groups is 2. The summed E-state index contributed by atoms with van der Waals surface area (Å²) in [4.78, 5) is 72.4. The summed E-state index contributed by atoms with van der Waals surface area (Å²) in [5, 5.41) is 10.6. The first-order valence-corrected chi connectivity index (χ1v) is 41.4. The molecular formula is C74H144O17P2. The molecule has 19 heteroatoms. The molecular weight excluding hydrogens is 1220 g/mol. The Labute approximate surface area is 568 Å². The molecule has 0 amide bonds. The topological polar surface area (TPSA) is 237 Å². The van der Waals surface area contributed by atoms with Crippen LogP contribution in [0.2, 0.25) is 0 Å². The number of esters is 4. The molecule has 0 saturated carbocycles. The van der Waals surface area contributed by atoms with Crippen LogP contribution in [-0.2, 0) is 65.4 Å². The van der Waals surface area contributed by atoms with Crippen molar-refractivity contribution < 1.29 is 80.2 Å². The van der Waals surface area contributed by atoms with Crippen molar-refractivity contribution in [3.63, 3.8) is 0 Å². The molecule has 0 saturated heterocycles. The summed E-state index contributed by atoms with van der Waals surface area (Å²) in [7, 11) is -9.90. The molecule has 552 valence electrons. The lowest BCUT2D eigenvalue weighted by Crippen LogP contribution is -2.30. The van der Waals surface area contributed by atoms with E-state index in [-0.39, 0.29) is 25.7 Å². The van der Waals surface area contributed by atoms with E-state index >= 15 is 0 Å². The maximum absolute atomic E-state index is 13.1. The van der Waals surface area contributed by atoms with Crippen molar-refractivity contribution in [3.8, 4) is 0 Å². The highest BCUT2D eigenvalue weighted by Gasteiger charge is 2.30. The lowest BCUT2D eigenvalue weighted by atomic mass is 10.00. The van der Waals surface area contributed by atoms with E-state index in [1.54, 1.807) is 0 Å². The van der Waals surface area contributed by atoms with Crippen molar-refractivity contribution in [2.75, 3.05) is 39.6 Å². The number of hydrogen-bond donors (Lipinski definition) is 3. The molecule has 6 atom stereocenters. The summed E-state index contributed by atoms with van der Waals surface area (Å²) in [6.07, 6.45) is 50.6. The maximum Gasteiger partial charge on any atom is 0.472 e. The zero-order valence-corrected chi connectivity index (χ0v) is 62.5.